The Hall–Kier alpha value is -3.61. The summed E-state index contributed by atoms with van der Waals surface area (Å²) in [4.78, 5) is 27.2. The molecule has 1 saturated heterocycles. The van der Waals surface area contributed by atoms with Gasteiger partial charge in [-0.15, -0.1) is 0 Å². The largest absolute Gasteiger partial charge is 0.326 e. The van der Waals surface area contributed by atoms with E-state index < -0.39 is 39.9 Å². The fourth-order valence-corrected chi connectivity index (χ4v) is 6.02. The van der Waals surface area contributed by atoms with Crippen LogP contribution < -0.4 is 10.0 Å². The van der Waals surface area contributed by atoms with Crippen molar-refractivity contribution in [2.75, 3.05) is 18.4 Å². The second-order valence-electron chi connectivity index (χ2n) is 9.78. The standard InChI is InChI=1S/C28H30ClF2N5O4S/c1-4-6-17(2)36(32-3)16-26(37)35-15-18(30)13-25(35)28(38)33-24-8-5-7-21(27(24)31)22-14-20(11-12-23(22)29)41(39,40)34-19-9-10-19/h4-8,11-12,14,18-19,25,34H,2-3,9-10,13,15-16H2,1H3,(H,33,38)/b6-4-/t18-,25+/m1/s1. The Kier molecular flexibility index (Phi) is 9.25. The number of carbonyl (C=O) groups excluding carboxylic acids is 2. The van der Waals surface area contributed by atoms with Gasteiger partial charge in [-0.25, -0.2) is 21.9 Å². The molecule has 2 N–H and O–H groups in total. The molecule has 2 amide bonds. The first kappa shape index (κ1) is 30.4. The number of amides is 2. The van der Waals surface area contributed by atoms with Gasteiger partial charge in [0.15, 0.2) is 5.82 Å². The van der Waals surface area contributed by atoms with Gasteiger partial charge in [0.05, 0.1) is 22.8 Å². The molecule has 0 aromatic heterocycles. The van der Waals surface area contributed by atoms with Crippen LogP contribution in [0, 0.1) is 5.82 Å². The lowest BCUT2D eigenvalue weighted by molar-refractivity contribution is -0.137. The van der Waals surface area contributed by atoms with E-state index in [4.69, 9.17) is 11.6 Å². The van der Waals surface area contributed by atoms with Crippen LogP contribution in [0.15, 0.2) is 70.8 Å². The summed E-state index contributed by atoms with van der Waals surface area (Å²) < 4.78 is 58.1. The smallest absolute Gasteiger partial charge is 0.247 e. The molecule has 13 heteroatoms. The number of hydrogen-bond acceptors (Lipinski definition) is 6. The molecule has 4 rings (SSSR count). The van der Waals surface area contributed by atoms with Crippen LogP contribution in [0.3, 0.4) is 0 Å². The Morgan fingerprint density at radius 3 is 2.63 bits per heavy atom. The maximum Gasteiger partial charge on any atom is 0.247 e. The molecule has 1 aliphatic heterocycles. The van der Waals surface area contributed by atoms with Crippen LogP contribution in [0.2, 0.25) is 5.02 Å². The second-order valence-corrected chi connectivity index (χ2v) is 11.9. The molecule has 9 nitrogen and oxygen atoms in total. The van der Waals surface area contributed by atoms with E-state index in [0.29, 0.717) is 5.70 Å². The monoisotopic (exact) mass is 605 g/mol. The van der Waals surface area contributed by atoms with Gasteiger partial charge in [-0.3, -0.25) is 14.6 Å². The van der Waals surface area contributed by atoms with Crippen molar-refractivity contribution in [3.63, 3.8) is 0 Å². The number of nitrogens with one attached hydrogen (secondary N) is 2. The predicted octanol–water partition coefficient (Wildman–Crippen LogP) is 4.47. The van der Waals surface area contributed by atoms with Crippen molar-refractivity contribution in [3.8, 4) is 11.1 Å². The van der Waals surface area contributed by atoms with Crippen LogP contribution in [0.4, 0.5) is 14.5 Å². The fourth-order valence-electron chi connectivity index (χ4n) is 4.47. The molecule has 0 bridgehead atoms. The molecule has 41 heavy (non-hydrogen) atoms. The maximum absolute atomic E-state index is 15.7. The van der Waals surface area contributed by atoms with Gasteiger partial charge in [-0.1, -0.05) is 36.4 Å². The number of rotatable bonds is 11. The molecule has 1 aliphatic carbocycles. The number of allylic oxidation sites excluding steroid dienone is 2. The van der Waals surface area contributed by atoms with Gasteiger partial charge in [0.1, 0.15) is 18.8 Å². The first-order chi connectivity index (χ1) is 19.4. The highest BCUT2D eigenvalue weighted by Gasteiger charge is 2.40. The second kappa shape index (κ2) is 12.5. The molecule has 0 radical (unpaired) electrons. The molecule has 2 fully saturated rings. The molecular formula is C28H30ClF2N5O4S. The fraction of sp³-hybridized carbons (Fsp3) is 0.321. The Morgan fingerprint density at radius 2 is 1.98 bits per heavy atom. The van der Waals surface area contributed by atoms with Crippen molar-refractivity contribution >= 4 is 45.8 Å². The molecule has 2 atom stereocenters. The van der Waals surface area contributed by atoms with E-state index in [9.17, 15) is 22.4 Å². The van der Waals surface area contributed by atoms with E-state index in [2.05, 4.69) is 28.4 Å². The Balaban J connectivity index is 1.55. The van der Waals surface area contributed by atoms with Crippen molar-refractivity contribution in [1.82, 2.24) is 14.6 Å². The quantitative estimate of drug-likeness (QED) is 0.223. The normalized spacial score (nSPS) is 18.9. The number of alkyl halides is 1. The van der Waals surface area contributed by atoms with Crippen LogP contribution in [-0.4, -0.2) is 68.2 Å². The third-order valence-electron chi connectivity index (χ3n) is 6.71. The maximum atomic E-state index is 15.7. The zero-order valence-electron chi connectivity index (χ0n) is 22.3. The summed E-state index contributed by atoms with van der Waals surface area (Å²) >= 11 is 6.32. The van der Waals surface area contributed by atoms with Crippen LogP contribution in [0.25, 0.3) is 11.1 Å². The summed E-state index contributed by atoms with van der Waals surface area (Å²) in [6.07, 6.45) is 3.09. The minimum Gasteiger partial charge on any atom is -0.326 e. The van der Waals surface area contributed by atoms with Crippen LogP contribution >= 0.6 is 11.6 Å². The number of sulfonamides is 1. The summed E-state index contributed by atoms with van der Waals surface area (Å²) in [7, 11) is -3.83. The van der Waals surface area contributed by atoms with E-state index >= 15 is 4.39 Å². The highest BCUT2D eigenvalue weighted by molar-refractivity contribution is 7.89. The zero-order chi connectivity index (χ0) is 29.9. The third-order valence-corrected chi connectivity index (χ3v) is 8.56. The van der Waals surface area contributed by atoms with Gasteiger partial charge < -0.3 is 10.2 Å². The van der Waals surface area contributed by atoms with Gasteiger partial charge in [0, 0.05) is 35.3 Å². The van der Waals surface area contributed by atoms with Crippen molar-refractivity contribution in [2.24, 2.45) is 5.10 Å². The van der Waals surface area contributed by atoms with Gasteiger partial charge in [-0.2, -0.15) is 5.10 Å². The molecule has 218 valence electrons. The van der Waals surface area contributed by atoms with Gasteiger partial charge in [-0.05, 0) is 50.1 Å². The number of anilines is 1. The number of benzene rings is 2. The Bertz CT molecular complexity index is 1510. The highest BCUT2D eigenvalue weighted by atomic mass is 35.5. The van der Waals surface area contributed by atoms with E-state index in [1.165, 1.54) is 41.4 Å². The number of nitrogens with zero attached hydrogens (tertiary/aromatic N) is 3. The molecular weight excluding hydrogens is 576 g/mol. The summed E-state index contributed by atoms with van der Waals surface area (Å²) in [5.41, 5.74) is 0.206. The number of hydrazone groups is 1. The number of hydrogen-bond donors (Lipinski definition) is 2. The Labute approximate surface area is 242 Å². The average Bonchev–Trinajstić information content (AvgIpc) is 3.64. The summed E-state index contributed by atoms with van der Waals surface area (Å²) in [5, 5.41) is 7.54. The SMILES string of the molecule is C=NN(CC(=O)N1C[C@H](F)C[C@H]1C(=O)Nc1cccc(-c2cc(S(=O)(=O)NC3CC3)ccc2Cl)c1F)C(=C)/C=C\C. The van der Waals surface area contributed by atoms with Crippen molar-refractivity contribution in [2.45, 2.75) is 49.3 Å². The molecule has 2 aromatic rings. The zero-order valence-corrected chi connectivity index (χ0v) is 23.9. The summed E-state index contributed by atoms with van der Waals surface area (Å²) in [6.45, 7) is 8.35. The van der Waals surface area contributed by atoms with Gasteiger partial charge in [0.2, 0.25) is 21.8 Å². The first-order valence-corrected chi connectivity index (χ1v) is 14.7. The van der Waals surface area contributed by atoms with Crippen molar-refractivity contribution < 1.29 is 26.8 Å². The molecule has 2 aliphatic rings. The summed E-state index contributed by atoms with van der Waals surface area (Å²) in [5.74, 6) is -2.23. The minimum atomic E-state index is -3.83. The number of likely N-dealkylation sites (tertiary alicyclic amines) is 1. The average molecular weight is 606 g/mol. The van der Waals surface area contributed by atoms with E-state index in [1.54, 1.807) is 19.1 Å². The molecule has 2 aromatic carbocycles. The number of carbonyl (C=O) groups is 2. The van der Waals surface area contributed by atoms with Crippen molar-refractivity contribution in [3.05, 3.63) is 71.7 Å². The van der Waals surface area contributed by atoms with E-state index in [1.807, 2.05) is 0 Å². The lowest BCUT2D eigenvalue weighted by atomic mass is 10.0. The van der Waals surface area contributed by atoms with Crippen molar-refractivity contribution in [1.29, 1.82) is 0 Å². The van der Waals surface area contributed by atoms with E-state index in [-0.39, 0.29) is 52.3 Å². The number of halogens is 3. The summed E-state index contributed by atoms with van der Waals surface area (Å²) in [6, 6.07) is 6.80. The van der Waals surface area contributed by atoms with Gasteiger partial charge in [0.25, 0.3) is 0 Å². The first-order valence-electron chi connectivity index (χ1n) is 12.9. The molecule has 0 unspecified atom stereocenters. The van der Waals surface area contributed by atoms with Gasteiger partial charge >= 0.3 is 0 Å². The highest BCUT2D eigenvalue weighted by Crippen LogP contribution is 2.35. The predicted molar refractivity (Wildman–Crippen MR) is 154 cm³/mol. The van der Waals surface area contributed by atoms with E-state index in [0.717, 1.165) is 17.7 Å². The lowest BCUT2D eigenvalue weighted by Crippen LogP contribution is -2.46. The topological polar surface area (TPSA) is 111 Å². The third kappa shape index (κ3) is 7.00. The molecule has 0 spiro atoms. The molecule has 1 saturated carbocycles. The Morgan fingerprint density at radius 1 is 1.24 bits per heavy atom. The minimum absolute atomic E-state index is 0.0471. The van der Waals surface area contributed by atoms with Crippen LogP contribution in [-0.2, 0) is 19.6 Å². The van der Waals surface area contributed by atoms with Crippen LogP contribution in [0.5, 0.6) is 0 Å². The molecule has 1 heterocycles. The lowest BCUT2D eigenvalue weighted by Gasteiger charge is -2.26. The van der Waals surface area contributed by atoms with Crippen LogP contribution in [0.1, 0.15) is 26.2 Å².